The van der Waals surface area contributed by atoms with Gasteiger partial charge in [0.1, 0.15) is 11.5 Å². The maximum Gasteiger partial charge on any atom is 0.295 e. The van der Waals surface area contributed by atoms with Gasteiger partial charge in [-0.3, -0.25) is 9.59 Å². The lowest BCUT2D eigenvalue weighted by molar-refractivity contribution is -0.140. The molecular weight excluding hydrogens is 366 g/mol. The van der Waals surface area contributed by atoms with E-state index in [4.69, 9.17) is 9.47 Å². The SMILES string of the molecule is COCCN1C(=O)C(=O)/C(=C(/O)c2ccc(OC)cc2C)[C@@H]1c1cccs1. The van der Waals surface area contributed by atoms with Crippen molar-refractivity contribution in [1.29, 1.82) is 0 Å². The van der Waals surface area contributed by atoms with Gasteiger partial charge >= 0.3 is 0 Å². The molecule has 0 aliphatic carbocycles. The number of ether oxygens (including phenoxy) is 2. The number of rotatable bonds is 6. The fourth-order valence-corrected chi connectivity index (χ4v) is 4.06. The fourth-order valence-electron chi connectivity index (χ4n) is 3.22. The van der Waals surface area contributed by atoms with Crippen molar-refractivity contribution in [3.63, 3.8) is 0 Å². The van der Waals surface area contributed by atoms with Crippen LogP contribution in [0, 0.1) is 6.92 Å². The van der Waals surface area contributed by atoms with Crippen molar-refractivity contribution in [2.75, 3.05) is 27.4 Å². The molecule has 0 spiro atoms. The summed E-state index contributed by atoms with van der Waals surface area (Å²) in [5, 5.41) is 12.9. The van der Waals surface area contributed by atoms with E-state index in [1.165, 1.54) is 23.3 Å². The molecule has 1 fully saturated rings. The Labute approximate surface area is 161 Å². The normalized spacial score (nSPS) is 18.9. The van der Waals surface area contributed by atoms with Gasteiger partial charge in [0.05, 0.1) is 25.3 Å². The van der Waals surface area contributed by atoms with Gasteiger partial charge in [0.15, 0.2) is 0 Å². The van der Waals surface area contributed by atoms with Crippen LogP contribution < -0.4 is 4.74 Å². The highest BCUT2D eigenvalue weighted by Gasteiger charge is 2.46. The molecule has 0 radical (unpaired) electrons. The number of thiophene rings is 1. The van der Waals surface area contributed by atoms with Crippen molar-refractivity contribution in [3.05, 3.63) is 57.3 Å². The van der Waals surface area contributed by atoms with E-state index in [0.29, 0.717) is 17.9 Å². The van der Waals surface area contributed by atoms with Gasteiger partial charge in [-0.05, 0) is 42.1 Å². The number of carbonyl (C=O) groups excluding carboxylic acids is 2. The number of aryl methyl sites for hydroxylation is 1. The predicted molar refractivity (Wildman–Crippen MR) is 103 cm³/mol. The van der Waals surface area contributed by atoms with Gasteiger partial charge in [-0.25, -0.2) is 0 Å². The third-order valence-electron chi connectivity index (χ3n) is 4.58. The minimum atomic E-state index is -0.683. The fraction of sp³-hybridized carbons (Fsp3) is 0.300. The van der Waals surface area contributed by atoms with Crippen LogP contribution >= 0.6 is 11.3 Å². The summed E-state index contributed by atoms with van der Waals surface area (Å²) in [4.78, 5) is 27.7. The minimum absolute atomic E-state index is 0.104. The van der Waals surface area contributed by atoms with Crippen molar-refractivity contribution in [2.24, 2.45) is 0 Å². The molecular formula is C20H21NO5S. The molecule has 2 heterocycles. The van der Waals surface area contributed by atoms with E-state index in [2.05, 4.69) is 0 Å². The number of nitrogens with zero attached hydrogens (tertiary/aromatic N) is 1. The van der Waals surface area contributed by atoms with Crippen molar-refractivity contribution >= 4 is 28.8 Å². The first-order valence-corrected chi connectivity index (χ1v) is 9.33. The van der Waals surface area contributed by atoms with Gasteiger partial charge in [0.2, 0.25) is 0 Å². The zero-order valence-electron chi connectivity index (χ0n) is 15.4. The second kappa shape index (κ2) is 7.94. The number of ketones is 1. The number of aliphatic hydroxyl groups is 1. The Morgan fingerprint density at radius 2 is 2.04 bits per heavy atom. The highest BCUT2D eigenvalue weighted by molar-refractivity contribution is 7.10. The second-order valence-electron chi connectivity index (χ2n) is 6.18. The van der Waals surface area contributed by atoms with Crippen molar-refractivity contribution in [1.82, 2.24) is 4.90 Å². The average molecular weight is 387 g/mol. The summed E-state index contributed by atoms with van der Waals surface area (Å²) in [6.07, 6.45) is 0. The monoisotopic (exact) mass is 387 g/mol. The Balaban J connectivity index is 2.14. The van der Waals surface area contributed by atoms with Crippen molar-refractivity contribution in [3.8, 4) is 5.75 Å². The molecule has 1 amide bonds. The molecule has 2 aromatic rings. The minimum Gasteiger partial charge on any atom is -0.507 e. The Bertz CT molecular complexity index is 888. The number of methoxy groups -OCH3 is 2. The summed E-state index contributed by atoms with van der Waals surface area (Å²) in [5.41, 5.74) is 1.36. The van der Waals surface area contributed by atoms with Crippen LogP contribution in [0.5, 0.6) is 5.75 Å². The summed E-state index contributed by atoms with van der Waals surface area (Å²) < 4.78 is 10.3. The van der Waals surface area contributed by atoms with Crippen LogP contribution in [-0.2, 0) is 14.3 Å². The van der Waals surface area contributed by atoms with E-state index in [0.717, 1.165) is 10.4 Å². The number of amides is 1. The Morgan fingerprint density at radius 3 is 2.63 bits per heavy atom. The Morgan fingerprint density at radius 1 is 1.26 bits per heavy atom. The van der Waals surface area contributed by atoms with Crippen LogP contribution in [0.1, 0.15) is 22.0 Å². The van der Waals surface area contributed by atoms with E-state index < -0.39 is 17.7 Å². The van der Waals surface area contributed by atoms with Gasteiger partial charge in [-0.1, -0.05) is 6.07 Å². The summed E-state index contributed by atoms with van der Waals surface area (Å²) in [6, 6.07) is 8.27. The van der Waals surface area contributed by atoms with Gasteiger partial charge in [-0.15, -0.1) is 11.3 Å². The molecule has 1 aliphatic heterocycles. The molecule has 6 nitrogen and oxygen atoms in total. The smallest absolute Gasteiger partial charge is 0.295 e. The van der Waals surface area contributed by atoms with Gasteiger partial charge < -0.3 is 19.5 Å². The molecule has 0 unspecified atom stereocenters. The number of Topliss-reactive ketones (excluding diaryl/α,β-unsaturated/α-hetero) is 1. The standard InChI is InChI=1S/C20H21NO5S/c1-12-11-13(26-3)6-7-14(12)18(22)16-17(15-5-4-10-27-15)21(8-9-25-2)20(24)19(16)23/h4-7,10-11,17,22H,8-9H2,1-3H3/b18-16+/t17-/m0/s1. The molecule has 27 heavy (non-hydrogen) atoms. The lowest BCUT2D eigenvalue weighted by atomic mass is 9.97. The molecule has 1 N–H and O–H groups in total. The van der Waals surface area contributed by atoms with Gasteiger partial charge in [0, 0.05) is 24.1 Å². The Hall–Kier alpha value is -2.64. The first kappa shape index (κ1) is 19.1. The number of aliphatic hydroxyl groups excluding tert-OH is 1. The third-order valence-corrected chi connectivity index (χ3v) is 5.50. The molecule has 1 aromatic carbocycles. The van der Waals surface area contributed by atoms with Crippen LogP contribution in [0.3, 0.4) is 0 Å². The summed E-state index contributed by atoms with van der Waals surface area (Å²) in [6.45, 7) is 2.39. The number of benzene rings is 1. The van der Waals surface area contributed by atoms with Gasteiger partial charge in [0.25, 0.3) is 11.7 Å². The van der Waals surface area contributed by atoms with E-state index in [1.54, 1.807) is 25.3 Å². The van der Waals surface area contributed by atoms with Crippen LogP contribution in [0.4, 0.5) is 0 Å². The molecule has 1 saturated heterocycles. The van der Waals surface area contributed by atoms with E-state index in [-0.39, 0.29) is 17.9 Å². The maximum absolute atomic E-state index is 12.8. The first-order chi connectivity index (χ1) is 13.0. The highest BCUT2D eigenvalue weighted by Crippen LogP contribution is 2.41. The van der Waals surface area contributed by atoms with Gasteiger partial charge in [-0.2, -0.15) is 0 Å². The van der Waals surface area contributed by atoms with Crippen LogP contribution in [0.25, 0.3) is 5.76 Å². The molecule has 0 bridgehead atoms. The number of carbonyl (C=O) groups is 2. The quantitative estimate of drug-likeness (QED) is 0.468. The molecule has 0 saturated carbocycles. The molecule has 1 aromatic heterocycles. The molecule has 7 heteroatoms. The number of hydrogen-bond acceptors (Lipinski definition) is 6. The van der Waals surface area contributed by atoms with E-state index in [9.17, 15) is 14.7 Å². The molecule has 142 valence electrons. The van der Waals surface area contributed by atoms with Crippen molar-refractivity contribution in [2.45, 2.75) is 13.0 Å². The van der Waals surface area contributed by atoms with E-state index >= 15 is 0 Å². The Kier molecular flexibility index (Phi) is 5.62. The van der Waals surface area contributed by atoms with Crippen molar-refractivity contribution < 1.29 is 24.2 Å². The molecule has 3 rings (SSSR count). The average Bonchev–Trinajstić information content (AvgIpc) is 3.27. The van der Waals surface area contributed by atoms with Crippen LogP contribution in [-0.4, -0.2) is 49.1 Å². The van der Waals surface area contributed by atoms with Crippen LogP contribution in [0.15, 0.2) is 41.3 Å². The predicted octanol–water partition coefficient (Wildman–Crippen LogP) is 3.13. The first-order valence-electron chi connectivity index (χ1n) is 8.45. The second-order valence-corrected chi connectivity index (χ2v) is 7.16. The van der Waals surface area contributed by atoms with Crippen LogP contribution in [0.2, 0.25) is 0 Å². The lowest BCUT2D eigenvalue weighted by Crippen LogP contribution is -2.32. The topological polar surface area (TPSA) is 76.1 Å². The zero-order valence-corrected chi connectivity index (χ0v) is 16.2. The third kappa shape index (κ3) is 3.48. The lowest BCUT2D eigenvalue weighted by Gasteiger charge is -2.23. The zero-order chi connectivity index (χ0) is 19.6. The largest absolute Gasteiger partial charge is 0.507 e. The maximum atomic E-state index is 12.8. The summed E-state index contributed by atoms with van der Waals surface area (Å²) in [5.74, 6) is -0.832. The molecule has 1 atom stereocenters. The summed E-state index contributed by atoms with van der Waals surface area (Å²) in [7, 11) is 3.10. The number of likely N-dealkylation sites (tertiary alicyclic amines) is 1. The highest BCUT2D eigenvalue weighted by atomic mass is 32.1. The van der Waals surface area contributed by atoms with E-state index in [1.807, 2.05) is 24.4 Å². The molecule has 1 aliphatic rings. The number of hydrogen-bond donors (Lipinski definition) is 1. The summed E-state index contributed by atoms with van der Waals surface area (Å²) >= 11 is 1.44.